The molecule has 1 aromatic carbocycles. The lowest BCUT2D eigenvalue weighted by Gasteiger charge is -2.06. The van der Waals surface area contributed by atoms with Gasteiger partial charge in [-0.15, -0.1) is 0 Å². The van der Waals surface area contributed by atoms with Crippen LogP contribution in [0.25, 0.3) is 0 Å². The van der Waals surface area contributed by atoms with E-state index in [0.717, 1.165) is 5.82 Å². The van der Waals surface area contributed by atoms with Crippen molar-refractivity contribution in [3.8, 4) is 0 Å². The van der Waals surface area contributed by atoms with E-state index in [1.165, 1.54) is 6.07 Å². The molecule has 0 N–H and O–H groups in total. The number of benzene rings is 1. The number of halogens is 1. The number of rotatable bonds is 3. The third-order valence-electron chi connectivity index (χ3n) is 2.51. The minimum Gasteiger partial charge on any atom is -0.330 e. The number of aromatic nitrogens is 2. The fourth-order valence-corrected chi connectivity index (χ4v) is 1.76. The van der Waals surface area contributed by atoms with Crippen LogP contribution >= 0.6 is 11.6 Å². The molecule has 0 aliphatic rings. The highest BCUT2D eigenvalue weighted by atomic mass is 35.5. The molecule has 2 rings (SSSR count). The molecule has 0 saturated carbocycles. The lowest BCUT2D eigenvalue weighted by atomic mass is 10.2. The smallest absolute Gasteiger partial charge is 0.275 e. The Hall–Kier alpha value is -1.88. The van der Waals surface area contributed by atoms with Gasteiger partial charge in [0.1, 0.15) is 5.82 Å². The van der Waals surface area contributed by atoms with Crippen molar-refractivity contribution in [2.45, 2.75) is 13.5 Å². The molecule has 0 saturated heterocycles. The number of nitro groups is 1. The zero-order valence-electron chi connectivity index (χ0n) is 9.13. The number of hydrogen-bond acceptors (Lipinski definition) is 3. The molecule has 5 nitrogen and oxygen atoms in total. The minimum atomic E-state index is -0.423. The second-order valence-corrected chi connectivity index (χ2v) is 4.07. The highest BCUT2D eigenvalue weighted by molar-refractivity contribution is 6.30. The Labute approximate surface area is 103 Å². The Bertz CT molecular complexity index is 566. The van der Waals surface area contributed by atoms with Gasteiger partial charge in [-0.05, 0) is 19.1 Å². The normalized spacial score (nSPS) is 10.5. The van der Waals surface area contributed by atoms with Crippen LogP contribution in [0.1, 0.15) is 11.4 Å². The van der Waals surface area contributed by atoms with Crippen LogP contribution in [0.5, 0.6) is 0 Å². The average molecular weight is 252 g/mol. The number of nitrogens with zero attached hydrogens (tertiary/aromatic N) is 3. The Morgan fingerprint density at radius 2 is 2.29 bits per heavy atom. The molecule has 0 aliphatic carbocycles. The summed E-state index contributed by atoms with van der Waals surface area (Å²) in [6, 6.07) is 4.68. The molecule has 88 valence electrons. The fourth-order valence-electron chi connectivity index (χ4n) is 1.60. The van der Waals surface area contributed by atoms with Crippen molar-refractivity contribution in [3.63, 3.8) is 0 Å². The molecule has 0 bridgehead atoms. The van der Waals surface area contributed by atoms with Gasteiger partial charge in [0.25, 0.3) is 5.69 Å². The second-order valence-electron chi connectivity index (χ2n) is 3.63. The van der Waals surface area contributed by atoms with E-state index in [-0.39, 0.29) is 5.69 Å². The average Bonchev–Trinajstić information content (AvgIpc) is 2.67. The third kappa shape index (κ3) is 2.45. The zero-order chi connectivity index (χ0) is 12.4. The quantitative estimate of drug-likeness (QED) is 0.622. The van der Waals surface area contributed by atoms with Gasteiger partial charge in [-0.25, -0.2) is 4.98 Å². The van der Waals surface area contributed by atoms with Crippen LogP contribution < -0.4 is 0 Å². The molecule has 0 amide bonds. The van der Waals surface area contributed by atoms with Crippen LogP contribution in [0.15, 0.2) is 30.6 Å². The van der Waals surface area contributed by atoms with Crippen LogP contribution in [0.2, 0.25) is 5.02 Å². The van der Waals surface area contributed by atoms with Gasteiger partial charge < -0.3 is 4.57 Å². The molecular formula is C11H10ClN3O2. The summed E-state index contributed by atoms with van der Waals surface area (Å²) in [7, 11) is 0. The van der Waals surface area contributed by atoms with Crippen LogP contribution in [-0.2, 0) is 6.54 Å². The number of nitro benzene ring substituents is 1. The molecule has 6 heteroatoms. The molecular weight excluding hydrogens is 242 g/mol. The van der Waals surface area contributed by atoms with Crippen molar-refractivity contribution < 1.29 is 4.92 Å². The van der Waals surface area contributed by atoms with Gasteiger partial charge in [0.15, 0.2) is 0 Å². The number of imidazole rings is 1. The van der Waals surface area contributed by atoms with Gasteiger partial charge in [-0.2, -0.15) is 0 Å². The topological polar surface area (TPSA) is 61.0 Å². The van der Waals surface area contributed by atoms with Crippen molar-refractivity contribution >= 4 is 17.3 Å². The molecule has 17 heavy (non-hydrogen) atoms. The maximum atomic E-state index is 10.9. The highest BCUT2D eigenvalue weighted by Crippen LogP contribution is 2.24. The summed E-state index contributed by atoms with van der Waals surface area (Å²) in [5, 5.41) is 11.3. The minimum absolute atomic E-state index is 0.0330. The van der Waals surface area contributed by atoms with Gasteiger partial charge >= 0.3 is 0 Å². The van der Waals surface area contributed by atoms with Gasteiger partial charge in [0.05, 0.1) is 11.5 Å². The molecule has 0 aliphatic heterocycles. The molecule has 0 unspecified atom stereocenters. The Balaban J connectivity index is 2.39. The summed E-state index contributed by atoms with van der Waals surface area (Å²) in [6.07, 6.45) is 3.45. The molecule has 0 radical (unpaired) electrons. The molecule has 2 aromatic rings. The Morgan fingerprint density at radius 1 is 1.53 bits per heavy atom. The zero-order valence-corrected chi connectivity index (χ0v) is 9.89. The van der Waals surface area contributed by atoms with E-state index in [2.05, 4.69) is 4.98 Å². The lowest BCUT2D eigenvalue weighted by molar-refractivity contribution is -0.385. The molecule has 0 atom stereocenters. The Kier molecular flexibility index (Phi) is 3.10. The lowest BCUT2D eigenvalue weighted by Crippen LogP contribution is -2.04. The SMILES string of the molecule is Cc1nccn1Cc1ccc(Cl)cc1[N+](=O)[O-]. The summed E-state index contributed by atoms with van der Waals surface area (Å²) in [6.45, 7) is 2.26. The van der Waals surface area contributed by atoms with Crippen molar-refractivity contribution in [2.75, 3.05) is 0 Å². The van der Waals surface area contributed by atoms with Crippen LogP contribution in [0, 0.1) is 17.0 Å². The molecule has 0 fully saturated rings. The Morgan fingerprint density at radius 3 is 2.88 bits per heavy atom. The number of aryl methyl sites for hydroxylation is 1. The largest absolute Gasteiger partial charge is 0.330 e. The van der Waals surface area contributed by atoms with E-state index in [0.29, 0.717) is 17.1 Å². The monoisotopic (exact) mass is 251 g/mol. The van der Waals surface area contributed by atoms with Crippen LogP contribution in [-0.4, -0.2) is 14.5 Å². The number of hydrogen-bond donors (Lipinski definition) is 0. The predicted octanol–water partition coefficient (Wildman–Crippen LogP) is 2.80. The molecule has 0 spiro atoms. The third-order valence-corrected chi connectivity index (χ3v) is 2.74. The standard InChI is InChI=1S/C11H10ClN3O2/c1-8-13-4-5-14(8)7-9-2-3-10(12)6-11(9)15(16)17/h2-6H,7H2,1H3. The summed E-state index contributed by atoms with van der Waals surface area (Å²) >= 11 is 5.75. The summed E-state index contributed by atoms with van der Waals surface area (Å²) < 4.78 is 1.84. The first-order chi connectivity index (χ1) is 8.08. The first kappa shape index (κ1) is 11.6. The van der Waals surface area contributed by atoms with Crippen LogP contribution in [0.4, 0.5) is 5.69 Å². The highest BCUT2D eigenvalue weighted by Gasteiger charge is 2.14. The first-order valence-corrected chi connectivity index (χ1v) is 5.36. The molecule has 1 aromatic heterocycles. The van der Waals surface area contributed by atoms with E-state index >= 15 is 0 Å². The van der Waals surface area contributed by atoms with E-state index in [4.69, 9.17) is 11.6 Å². The van der Waals surface area contributed by atoms with Gasteiger partial charge in [-0.3, -0.25) is 10.1 Å². The summed E-state index contributed by atoms with van der Waals surface area (Å²) in [4.78, 5) is 14.6. The van der Waals surface area contributed by atoms with Crippen molar-refractivity contribution in [2.24, 2.45) is 0 Å². The van der Waals surface area contributed by atoms with E-state index in [1.54, 1.807) is 24.5 Å². The molecule has 1 heterocycles. The first-order valence-electron chi connectivity index (χ1n) is 4.98. The van der Waals surface area contributed by atoms with Crippen molar-refractivity contribution in [3.05, 3.63) is 57.1 Å². The van der Waals surface area contributed by atoms with E-state index in [9.17, 15) is 10.1 Å². The van der Waals surface area contributed by atoms with E-state index in [1.807, 2.05) is 11.5 Å². The predicted molar refractivity (Wildman–Crippen MR) is 64.2 cm³/mol. The van der Waals surface area contributed by atoms with Crippen molar-refractivity contribution in [1.82, 2.24) is 9.55 Å². The second kappa shape index (κ2) is 4.55. The summed E-state index contributed by atoms with van der Waals surface area (Å²) in [5.74, 6) is 0.814. The maximum Gasteiger partial charge on any atom is 0.275 e. The maximum absolute atomic E-state index is 10.9. The van der Waals surface area contributed by atoms with Crippen molar-refractivity contribution in [1.29, 1.82) is 0 Å². The van der Waals surface area contributed by atoms with Gasteiger partial charge in [-0.1, -0.05) is 11.6 Å². The van der Waals surface area contributed by atoms with E-state index < -0.39 is 4.92 Å². The van der Waals surface area contributed by atoms with Gasteiger partial charge in [0.2, 0.25) is 0 Å². The fraction of sp³-hybridized carbons (Fsp3) is 0.182. The summed E-state index contributed by atoms with van der Waals surface area (Å²) in [5.41, 5.74) is 0.645. The van der Waals surface area contributed by atoms with Gasteiger partial charge in [0, 0.05) is 29.0 Å². The van der Waals surface area contributed by atoms with Crippen LogP contribution in [0.3, 0.4) is 0 Å².